The van der Waals surface area contributed by atoms with E-state index in [1.54, 1.807) is 6.07 Å². The molecule has 96 valence electrons. The van der Waals surface area contributed by atoms with E-state index in [4.69, 9.17) is 0 Å². The van der Waals surface area contributed by atoms with E-state index in [0.717, 1.165) is 5.56 Å². The monoisotopic (exact) mass is 301 g/mol. The molecule has 0 heterocycles. The lowest BCUT2D eigenvalue weighted by atomic mass is 9.92. The number of aromatic hydroxyl groups is 1. The predicted molar refractivity (Wildman–Crippen MR) is 73.0 cm³/mol. The second-order valence-electron chi connectivity index (χ2n) is 4.86. The summed E-state index contributed by atoms with van der Waals surface area (Å²) in [5.41, 5.74) is 0.0840. The van der Waals surface area contributed by atoms with Crippen molar-refractivity contribution in [2.24, 2.45) is 5.92 Å². The van der Waals surface area contributed by atoms with Crippen molar-refractivity contribution in [1.82, 2.24) is 5.32 Å². The largest absolute Gasteiger partial charge is 0.506 e. The lowest BCUT2D eigenvalue weighted by Gasteiger charge is -2.28. The van der Waals surface area contributed by atoms with E-state index < -0.39 is 5.60 Å². The molecule has 0 aliphatic carbocycles. The smallest absolute Gasteiger partial charge is 0.134 e. The van der Waals surface area contributed by atoms with Gasteiger partial charge >= 0.3 is 0 Å². The van der Waals surface area contributed by atoms with Crippen LogP contribution in [0.5, 0.6) is 5.75 Å². The summed E-state index contributed by atoms with van der Waals surface area (Å²) >= 11 is 3.27. The van der Waals surface area contributed by atoms with Crippen LogP contribution in [0, 0.1) is 5.92 Å². The molecule has 17 heavy (non-hydrogen) atoms. The third-order valence-electron chi connectivity index (χ3n) is 3.11. The Morgan fingerprint density at radius 1 is 1.41 bits per heavy atom. The summed E-state index contributed by atoms with van der Waals surface area (Å²) < 4.78 is 0.687. The lowest BCUT2D eigenvalue weighted by Crippen LogP contribution is -2.41. The van der Waals surface area contributed by atoms with Crippen LogP contribution in [-0.4, -0.2) is 22.4 Å². The lowest BCUT2D eigenvalue weighted by molar-refractivity contribution is 0.0139. The van der Waals surface area contributed by atoms with Crippen LogP contribution in [0.3, 0.4) is 0 Å². The molecule has 1 aromatic carbocycles. The van der Waals surface area contributed by atoms with E-state index in [9.17, 15) is 10.2 Å². The van der Waals surface area contributed by atoms with E-state index in [-0.39, 0.29) is 11.7 Å². The zero-order valence-corrected chi connectivity index (χ0v) is 12.1. The maximum Gasteiger partial charge on any atom is 0.134 e. The number of benzene rings is 1. The molecule has 3 N–H and O–H groups in total. The van der Waals surface area contributed by atoms with Gasteiger partial charge in [0.25, 0.3) is 0 Å². The minimum atomic E-state index is -0.734. The van der Waals surface area contributed by atoms with E-state index in [1.165, 1.54) is 0 Å². The van der Waals surface area contributed by atoms with E-state index >= 15 is 0 Å². The van der Waals surface area contributed by atoms with Crippen molar-refractivity contribution in [3.8, 4) is 5.75 Å². The van der Waals surface area contributed by atoms with Gasteiger partial charge in [0.2, 0.25) is 0 Å². The van der Waals surface area contributed by atoms with Gasteiger partial charge in [-0.25, -0.2) is 0 Å². The first-order valence-corrected chi connectivity index (χ1v) is 6.53. The van der Waals surface area contributed by atoms with Crippen LogP contribution in [0.4, 0.5) is 0 Å². The molecule has 0 aliphatic rings. The molecular formula is C13H20BrNO2. The van der Waals surface area contributed by atoms with Gasteiger partial charge in [0, 0.05) is 18.7 Å². The van der Waals surface area contributed by atoms with E-state index in [0.29, 0.717) is 17.6 Å². The zero-order valence-electron chi connectivity index (χ0n) is 10.5. The van der Waals surface area contributed by atoms with Gasteiger partial charge in [-0.2, -0.15) is 0 Å². The molecule has 0 fully saturated rings. The molecule has 1 unspecified atom stereocenters. The Bertz CT molecular complexity index is 378. The maximum absolute atomic E-state index is 10.1. The molecule has 0 saturated heterocycles. The molecule has 0 bridgehead atoms. The zero-order chi connectivity index (χ0) is 13.1. The van der Waals surface area contributed by atoms with Crippen molar-refractivity contribution in [3.63, 3.8) is 0 Å². The first-order chi connectivity index (χ1) is 7.84. The number of phenols is 1. The Balaban J connectivity index is 2.55. The highest BCUT2D eigenvalue weighted by molar-refractivity contribution is 9.10. The summed E-state index contributed by atoms with van der Waals surface area (Å²) in [6, 6.07) is 5.53. The molecule has 0 amide bonds. The van der Waals surface area contributed by atoms with Crippen LogP contribution >= 0.6 is 15.9 Å². The fraction of sp³-hybridized carbons (Fsp3) is 0.538. The number of aliphatic hydroxyl groups is 1. The van der Waals surface area contributed by atoms with Gasteiger partial charge in [-0.05, 0) is 34.8 Å². The number of nitrogens with one attached hydrogen (secondary N) is 1. The van der Waals surface area contributed by atoms with E-state index in [2.05, 4.69) is 21.2 Å². The van der Waals surface area contributed by atoms with Gasteiger partial charge in [0.15, 0.2) is 0 Å². The quantitative estimate of drug-likeness (QED) is 0.784. The average Bonchev–Trinajstić information content (AvgIpc) is 2.24. The second-order valence-corrected chi connectivity index (χ2v) is 5.72. The van der Waals surface area contributed by atoms with Crippen molar-refractivity contribution in [2.45, 2.75) is 32.9 Å². The molecule has 3 nitrogen and oxygen atoms in total. The summed E-state index contributed by atoms with van der Waals surface area (Å²) in [5, 5.41) is 23.0. The Kier molecular flexibility index (Phi) is 4.98. The van der Waals surface area contributed by atoms with Crippen LogP contribution in [0.2, 0.25) is 0 Å². The highest BCUT2D eigenvalue weighted by Gasteiger charge is 2.24. The highest BCUT2D eigenvalue weighted by Crippen LogP contribution is 2.27. The van der Waals surface area contributed by atoms with Gasteiger partial charge < -0.3 is 15.5 Å². The SMILES string of the molecule is CC(C)C(C)(O)CNCc1cccc(Br)c1O. The van der Waals surface area contributed by atoms with Crippen molar-refractivity contribution in [3.05, 3.63) is 28.2 Å². The topological polar surface area (TPSA) is 52.5 Å². The Hall–Kier alpha value is -0.580. The summed E-state index contributed by atoms with van der Waals surface area (Å²) in [6.07, 6.45) is 0. The van der Waals surface area contributed by atoms with Crippen LogP contribution in [0.1, 0.15) is 26.3 Å². The molecule has 1 atom stereocenters. The molecule has 1 aromatic rings. The number of hydrogen-bond acceptors (Lipinski definition) is 3. The third-order valence-corrected chi connectivity index (χ3v) is 3.75. The highest BCUT2D eigenvalue weighted by atomic mass is 79.9. The fourth-order valence-corrected chi connectivity index (χ4v) is 1.76. The van der Waals surface area contributed by atoms with Gasteiger partial charge in [-0.15, -0.1) is 0 Å². The predicted octanol–water partition coefficient (Wildman–Crippen LogP) is 2.65. The normalized spacial score (nSPS) is 14.9. The number of hydrogen-bond donors (Lipinski definition) is 3. The Morgan fingerprint density at radius 2 is 2.06 bits per heavy atom. The number of halogens is 1. The first kappa shape index (κ1) is 14.5. The molecule has 0 saturated carbocycles. The molecule has 4 heteroatoms. The number of para-hydroxylation sites is 1. The van der Waals surface area contributed by atoms with Crippen LogP contribution < -0.4 is 5.32 Å². The third kappa shape index (κ3) is 3.98. The van der Waals surface area contributed by atoms with Crippen molar-refractivity contribution >= 4 is 15.9 Å². The molecular weight excluding hydrogens is 282 g/mol. The summed E-state index contributed by atoms with van der Waals surface area (Å²) in [5.74, 6) is 0.440. The molecule has 0 aliphatic heterocycles. The van der Waals surface area contributed by atoms with Crippen LogP contribution in [0.15, 0.2) is 22.7 Å². The second kappa shape index (κ2) is 5.85. The minimum Gasteiger partial charge on any atom is -0.506 e. The van der Waals surface area contributed by atoms with Crippen molar-refractivity contribution in [1.29, 1.82) is 0 Å². The molecule has 0 aromatic heterocycles. The number of rotatable bonds is 5. The van der Waals surface area contributed by atoms with Crippen LogP contribution in [-0.2, 0) is 6.54 Å². The molecule has 0 radical (unpaired) electrons. The summed E-state index contributed by atoms with van der Waals surface area (Å²) in [4.78, 5) is 0. The molecule has 1 rings (SSSR count). The Labute approximate surface area is 111 Å². The summed E-state index contributed by atoms with van der Waals surface area (Å²) in [6.45, 7) is 6.81. The van der Waals surface area contributed by atoms with Crippen LogP contribution in [0.25, 0.3) is 0 Å². The van der Waals surface area contributed by atoms with Gasteiger partial charge in [0.1, 0.15) is 5.75 Å². The molecule has 0 spiro atoms. The standard InChI is InChI=1S/C13H20BrNO2/c1-9(2)13(3,17)8-15-7-10-5-4-6-11(14)12(10)16/h4-6,9,15-17H,7-8H2,1-3H3. The van der Waals surface area contributed by atoms with E-state index in [1.807, 2.05) is 32.9 Å². The average molecular weight is 302 g/mol. The van der Waals surface area contributed by atoms with Gasteiger partial charge in [-0.3, -0.25) is 0 Å². The Morgan fingerprint density at radius 3 is 2.65 bits per heavy atom. The van der Waals surface area contributed by atoms with Crippen molar-refractivity contribution < 1.29 is 10.2 Å². The maximum atomic E-state index is 10.1. The fourth-order valence-electron chi connectivity index (χ4n) is 1.36. The minimum absolute atomic E-state index is 0.186. The first-order valence-electron chi connectivity index (χ1n) is 5.74. The van der Waals surface area contributed by atoms with Gasteiger partial charge in [0.05, 0.1) is 10.1 Å². The number of phenolic OH excluding ortho intramolecular Hbond substituents is 1. The summed E-state index contributed by atoms with van der Waals surface area (Å²) in [7, 11) is 0. The van der Waals surface area contributed by atoms with Crippen molar-refractivity contribution in [2.75, 3.05) is 6.54 Å². The van der Waals surface area contributed by atoms with Gasteiger partial charge in [-0.1, -0.05) is 26.0 Å².